The number of esters is 1. The van der Waals surface area contributed by atoms with Crippen LogP contribution in [0.25, 0.3) is 33.5 Å². The lowest BCUT2D eigenvalue weighted by Crippen LogP contribution is -2.45. The number of hydrogen-bond donors (Lipinski definition) is 2. The van der Waals surface area contributed by atoms with E-state index in [2.05, 4.69) is 54.6 Å². The van der Waals surface area contributed by atoms with Crippen LogP contribution in [0.15, 0.2) is 79.1 Å². The van der Waals surface area contributed by atoms with Crippen molar-refractivity contribution in [1.29, 1.82) is 0 Å². The second-order valence-electron chi connectivity index (χ2n) is 13.4. The zero-order valence-corrected chi connectivity index (χ0v) is 28.7. The SMILES string of the molecule is CC[C@@]1(C(=O)Nc2ccc3[nH]nc(-c4ccc(F)c(C(=O)OC)c4)c3c2)CCN(CC(=O)N2CCC(c3ccc(-c4ncccn4)cc3)CC2)C1. The van der Waals surface area contributed by atoms with Crippen LogP contribution in [0, 0.1) is 11.2 Å². The van der Waals surface area contributed by atoms with E-state index in [9.17, 15) is 18.8 Å². The molecule has 51 heavy (non-hydrogen) atoms. The normalized spacial score (nSPS) is 18.2. The van der Waals surface area contributed by atoms with Crippen molar-refractivity contribution in [3.05, 3.63) is 96.1 Å². The number of amides is 2. The molecular weight excluding hydrogens is 649 g/mol. The average Bonchev–Trinajstić information content (AvgIpc) is 3.80. The number of carbonyl (C=O) groups excluding carboxylic acids is 3. The fraction of sp³-hybridized carbons (Fsp3) is 0.333. The molecule has 2 fully saturated rings. The third-order valence-electron chi connectivity index (χ3n) is 10.5. The standard InChI is InChI=1S/C39H40FN7O4/c1-3-39(38(50)43-29-10-12-33-31(22-29)35(45-44-33)28-9-11-32(40)30(21-28)37(49)51-2)15-20-46(24-39)23-34(48)47-18-13-26(14-19-47)25-5-7-27(8-6-25)36-41-16-4-17-42-36/h4-12,16-17,21-22,26H,3,13-15,18-20,23-24H2,1-2H3,(H,43,50)(H,44,45)/t39-/m1/s1. The van der Waals surface area contributed by atoms with Crippen molar-refractivity contribution in [2.24, 2.45) is 5.41 Å². The fourth-order valence-corrected chi connectivity index (χ4v) is 7.35. The van der Waals surface area contributed by atoms with Crippen LogP contribution < -0.4 is 5.32 Å². The van der Waals surface area contributed by atoms with Gasteiger partial charge in [-0.1, -0.05) is 31.2 Å². The predicted molar refractivity (Wildman–Crippen MR) is 191 cm³/mol. The van der Waals surface area contributed by atoms with Crippen LogP contribution in [0.1, 0.15) is 54.4 Å². The maximum absolute atomic E-state index is 14.3. The molecular formula is C39H40FN7O4. The van der Waals surface area contributed by atoms with E-state index in [0.717, 1.165) is 23.9 Å². The fourth-order valence-electron chi connectivity index (χ4n) is 7.35. The number of carbonyl (C=O) groups is 3. The molecule has 2 amide bonds. The lowest BCUT2D eigenvalue weighted by molar-refractivity contribution is -0.134. The second-order valence-corrected chi connectivity index (χ2v) is 13.4. The van der Waals surface area contributed by atoms with Gasteiger partial charge in [0.25, 0.3) is 0 Å². The predicted octanol–water partition coefficient (Wildman–Crippen LogP) is 6.06. The zero-order valence-electron chi connectivity index (χ0n) is 28.7. The Balaban J connectivity index is 0.956. The molecule has 2 N–H and O–H groups in total. The number of ether oxygens (including phenoxy) is 1. The van der Waals surface area contributed by atoms with Crippen molar-refractivity contribution in [3.8, 4) is 22.6 Å². The summed E-state index contributed by atoms with van der Waals surface area (Å²) in [5.74, 6) is -0.342. The maximum Gasteiger partial charge on any atom is 0.340 e. The third kappa shape index (κ3) is 6.96. The summed E-state index contributed by atoms with van der Waals surface area (Å²) in [4.78, 5) is 52.1. The molecule has 0 unspecified atom stereocenters. The van der Waals surface area contributed by atoms with Crippen LogP contribution in [0.4, 0.5) is 10.1 Å². The first-order valence-corrected chi connectivity index (χ1v) is 17.3. The monoisotopic (exact) mass is 689 g/mol. The van der Waals surface area contributed by atoms with Crippen LogP contribution >= 0.6 is 0 Å². The summed E-state index contributed by atoms with van der Waals surface area (Å²) in [7, 11) is 1.20. The molecule has 7 rings (SSSR count). The van der Waals surface area contributed by atoms with Gasteiger partial charge in [-0.05, 0) is 86.2 Å². The molecule has 3 aromatic carbocycles. The number of fused-ring (bicyclic) bond motifs is 1. The number of rotatable bonds is 9. The number of piperidine rings is 1. The van der Waals surface area contributed by atoms with E-state index in [1.165, 1.54) is 24.8 Å². The minimum absolute atomic E-state index is 0.0928. The molecule has 2 saturated heterocycles. The first-order valence-electron chi connectivity index (χ1n) is 17.3. The van der Waals surface area contributed by atoms with Crippen LogP contribution in [0.2, 0.25) is 0 Å². The quantitative estimate of drug-likeness (QED) is 0.179. The Morgan fingerprint density at radius 3 is 2.45 bits per heavy atom. The molecule has 0 bridgehead atoms. The van der Waals surface area contributed by atoms with Gasteiger partial charge in [0.2, 0.25) is 11.8 Å². The van der Waals surface area contributed by atoms with Gasteiger partial charge in [0, 0.05) is 54.2 Å². The summed E-state index contributed by atoms with van der Waals surface area (Å²) in [6.07, 6.45) is 6.58. The van der Waals surface area contributed by atoms with E-state index in [0.29, 0.717) is 79.6 Å². The van der Waals surface area contributed by atoms with E-state index in [1.54, 1.807) is 24.5 Å². The summed E-state index contributed by atoms with van der Waals surface area (Å²) >= 11 is 0. The molecule has 11 nitrogen and oxygen atoms in total. The Kier molecular flexibility index (Phi) is 9.59. The summed E-state index contributed by atoms with van der Waals surface area (Å²) in [5, 5.41) is 11.2. The highest BCUT2D eigenvalue weighted by molar-refractivity contribution is 6.01. The number of benzene rings is 3. The molecule has 2 aromatic heterocycles. The van der Waals surface area contributed by atoms with Gasteiger partial charge in [0.05, 0.1) is 35.8 Å². The Hall–Kier alpha value is -5.49. The number of anilines is 1. The van der Waals surface area contributed by atoms with Gasteiger partial charge in [-0.3, -0.25) is 19.6 Å². The van der Waals surface area contributed by atoms with Crippen LogP contribution in [-0.2, 0) is 14.3 Å². The van der Waals surface area contributed by atoms with E-state index in [4.69, 9.17) is 4.74 Å². The highest BCUT2D eigenvalue weighted by Gasteiger charge is 2.44. The van der Waals surface area contributed by atoms with Crippen molar-refractivity contribution in [2.75, 3.05) is 45.2 Å². The molecule has 2 aliphatic heterocycles. The summed E-state index contributed by atoms with van der Waals surface area (Å²) in [6.45, 7) is 4.89. The Morgan fingerprint density at radius 2 is 1.73 bits per heavy atom. The number of aromatic amines is 1. The number of nitrogens with zero attached hydrogens (tertiary/aromatic N) is 5. The van der Waals surface area contributed by atoms with Crippen molar-refractivity contribution in [2.45, 2.75) is 38.5 Å². The smallest absolute Gasteiger partial charge is 0.340 e. The van der Waals surface area contributed by atoms with Crippen molar-refractivity contribution in [3.63, 3.8) is 0 Å². The highest BCUT2D eigenvalue weighted by atomic mass is 19.1. The van der Waals surface area contributed by atoms with Gasteiger partial charge in [-0.2, -0.15) is 5.10 Å². The molecule has 1 atom stereocenters. The van der Waals surface area contributed by atoms with Crippen LogP contribution in [0.5, 0.6) is 0 Å². The van der Waals surface area contributed by atoms with Crippen LogP contribution in [0.3, 0.4) is 0 Å². The minimum atomic E-state index is -0.776. The topological polar surface area (TPSA) is 133 Å². The number of H-pyrrole nitrogens is 1. The molecule has 4 heterocycles. The van der Waals surface area contributed by atoms with E-state index in [1.807, 2.05) is 30.0 Å². The summed E-state index contributed by atoms with van der Waals surface area (Å²) in [5.41, 5.74) is 3.81. The van der Waals surface area contributed by atoms with E-state index >= 15 is 0 Å². The maximum atomic E-state index is 14.3. The lowest BCUT2D eigenvalue weighted by atomic mass is 9.83. The molecule has 0 radical (unpaired) electrons. The molecule has 12 heteroatoms. The van der Waals surface area contributed by atoms with E-state index in [-0.39, 0.29) is 17.4 Å². The number of hydrogen-bond acceptors (Lipinski definition) is 8. The van der Waals surface area contributed by atoms with Gasteiger partial charge >= 0.3 is 5.97 Å². The molecule has 262 valence electrons. The number of aromatic nitrogens is 4. The number of likely N-dealkylation sites (tertiary alicyclic amines) is 2. The Labute approximate surface area is 295 Å². The first-order chi connectivity index (χ1) is 24.8. The van der Waals surface area contributed by atoms with Gasteiger partial charge in [0.15, 0.2) is 5.82 Å². The molecule has 0 saturated carbocycles. The Morgan fingerprint density at radius 1 is 0.980 bits per heavy atom. The van der Waals surface area contributed by atoms with Gasteiger partial charge in [-0.25, -0.2) is 19.2 Å². The van der Waals surface area contributed by atoms with E-state index < -0.39 is 17.2 Å². The molecule has 5 aromatic rings. The molecule has 0 spiro atoms. The highest BCUT2D eigenvalue weighted by Crippen LogP contribution is 2.37. The number of halogens is 1. The summed E-state index contributed by atoms with van der Waals surface area (Å²) < 4.78 is 19.0. The van der Waals surface area contributed by atoms with Crippen molar-refractivity contribution >= 4 is 34.4 Å². The Bertz CT molecular complexity index is 2060. The lowest BCUT2D eigenvalue weighted by Gasteiger charge is -2.33. The second kappa shape index (κ2) is 14.4. The largest absolute Gasteiger partial charge is 0.465 e. The molecule has 0 aliphatic carbocycles. The van der Waals surface area contributed by atoms with Gasteiger partial charge < -0.3 is 15.0 Å². The summed E-state index contributed by atoms with van der Waals surface area (Å²) in [6, 6.07) is 19.8. The minimum Gasteiger partial charge on any atom is -0.465 e. The van der Waals surface area contributed by atoms with Gasteiger partial charge in [-0.15, -0.1) is 0 Å². The van der Waals surface area contributed by atoms with Crippen LogP contribution in [-0.4, -0.2) is 87.6 Å². The zero-order chi connectivity index (χ0) is 35.5. The number of nitrogens with one attached hydrogen (secondary N) is 2. The average molecular weight is 690 g/mol. The molecule has 2 aliphatic rings. The third-order valence-corrected chi connectivity index (χ3v) is 10.5. The first kappa shape index (κ1) is 34.0. The van der Waals surface area contributed by atoms with Crippen molar-refractivity contribution in [1.82, 2.24) is 30.0 Å². The van der Waals surface area contributed by atoms with Crippen molar-refractivity contribution < 1.29 is 23.5 Å². The van der Waals surface area contributed by atoms with Gasteiger partial charge in [0.1, 0.15) is 5.82 Å². The number of methoxy groups -OCH3 is 1.